The lowest BCUT2D eigenvalue weighted by Crippen LogP contribution is -2.57. The zero-order valence-corrected chi connectivity index (χ0v) is 19.2. The second kappa shape index (κ2) is 9.84. The lowest BCUT2D eigenvalue weighted by Gasteiger charge is -2.25. The monoisotopic (exact) mass is 484 g/mol. The molecule has 1 aliphatic rings. The third-order valence-electron chi connectivity index (χ3n) is 4.89. The van der Waals surface area contributed by atoms with E-state index in [0.717, 1.165) is 0 Å². The van der Waals surface area contributed by atoms with Gasteiger partial charge in [0.1, 0.15) is 5.75 Å². The van der Waals surface area contributed by atoms with Gasteiger partial charge in [0, 0.05) is 16.1 Å². The maximum absolute atomic E-state index is 12.6. The first-order valence-corrected chi connectivity index (χ1v) is 10.5. The van der Waals surface area contributed by atoms with Crippen molar-refractivity contribution in [2.75, 3.05) is 0 Å². The maximum Gasteiger partial charge on any atom is 0.328 e. The fourth-order valence-corrected chi connectivity index (χ4v) is 3.15. The predicted octanol–water partition coefficient (Wildman–Crippen LogP) is 2.20. The largest absolute Gasteiger partial charge is 0.478 e. The molecule has 1 aliphatic heterocycles. The number of ether oxygens (including phenoxy) is 1. The zero-order chi connectivity index (χ0) is 25.0. The number of carbonyl (C=O) groups is 5. The average molecular weight is 485 g/mol. The Morgan fingerprint density at radius 2 is 1.44 bits per heavy atom. The maximum atomic E-state index is 12.6. The van der Waals surface area contributed by atoms with Crippen LogP contribution < -0.4 is 20.8 Å². The van der Waals surface area contributed by atoms with Crippen LogP contribution in [0.15, 0.2) is 53.6 Å². The van der Waals surface area contributed by atoms with Gasteiger partial charge in [-0.15, -0.1) is 0 Å². The molecule has 1 fully saturated rings. The highest BCUT2D eigenvalue weighted by molar-refractivity contribution is 6.30. The average Bonchev–Trinajstić information content (AvgIpc) is 2.77. The van der Waals surface area contributed by atoms with Gasteiger partial charge in [-0.3, -0.25) is 29.8 Å². The van der Waals surface area contributed by atoms with Gasteiger partial charge in [-0.1, -0.05) is 11.6 Å². The standard InChI is InChI=1S/C23H21ClN4O6/c1-12(17-19(30)25-22(33)26-20(17)31)27-28-21(32)23(2,3)34-16-10-6-14(7-11-16)18(29)13-4-8-15(24)9-5-13/h4-11,17H,1-3H3,(H,28,32)(H2,25,26,30,31,33)/b27-12+. The Bertz CT molecular complexity index is 1170. The van der Waals surface area contributed by atoms with Crippen LogP contribution >= 0.6 is 11.6 Å². The van der Waals surface area contributed by atoms with Gasteiger partial charge < -0.3 is 4.74 Å². The van der Waals surface area contributed by atoms with Crippen LogP contribution in [0.2, 0.25) is 5.02 Å². The normalized spacial score (nSPS) is 14.8. The highest BCUT2D eigenvalue weighted by Crippen LogP contribution is 2.21. The molecule has 1 saturated heterocycles. The lowest BCUT2D eigenvalue weighted by atomic mass is 10.0. The number of hydrogen-bond donors (Lipinski definition) is 3. The minimum Gasteiger partial charge on any atom is -0.478 e. The molecule has 0 aromatic heterocycles. The number of halogens is 1. The Kier molecular flexibility index (Phi) is 7.11. The summed E-state index contributed by atoms with van der Waals surface area (Å²) < 4.78 is 5.74. The van der Waals surface area contributed by atoms with E-state index < -0.39 is 35.3 Å². The van der Waals surface area contributed by atoms with Gasteiger partial charge in [-0.25, -0.2) is 10.2 Å². The second-order valence-electron chi connectivity index (χ2n) is 7.91. The molecule has 176 valence electrons. The molecule has 11 heteroatoms. The van der Waals surface area contributed by atoms with E-state index in [4.69, 9.17) is 16.3 Å². The van der Waals surface area contributed by atoms with E-state index in [-0.39, 0.29) is 11.5 Å². The Morgan fingerprint density at radius 1 is 0.941 bits per heavy atom. The van der Waals surface area contributed by atoms with E-state index in [1.54, 1.807) is 48.5 Å². The van der Waals surface area contributed by atoms with Crippen molar-refractivity contribution in [3.8, 4) is 5.75 Å². The molecular weight excluding hydrogens is 464 g/mol. The van der Waals surface area contributed by atoms with Crippen molar-refractivity contribution in [1.82, 2.24) is 16.1 Å². The topological polar surface area (TPSA) is 143 Å². The highest BCUT2D eigenvalue weighted by Gasteiger charge is 2.37. The summed E-state index contributed by atoms with van der Waals surface area (Å²) in [6.07, 6.45) is 0. The van der Waals surface area contributed by atoms with Crippen molar-refractivity contribution in [1.29, 1.82) is 0 Å². The molecule has 0 aliphatic carbocycles. The van der Waals surface area contributed by atoms with Crippen LogP contribution in [0.1, 0.15) is 36.7 Å². The number of benzene rings is 2. The summed E-state index contributed by atoms with van der Waals surface area (Å²) in [5, 5.41) is 8.25. The van der Waals surface area contributed by atoms with Crippen LogP contribution in [-0.4, -0.2) is 40.8 Å². The van der Waals surface area contributed by atoms with E-state index in [1.165, 1.54) is 20.8 Å². The summed E-state index contributed by atoms with van der Waals surface area (Å²) in [5.74, 6) is -3.55. The number of hydrogen-bond acceptors (Lipinski definition) is 7. The number of amides is 5. The number of nitrogens with zero attached hydrogens (tertiary/aromatic N) is 1. The molecule has 34 heavy (non-hydrogen) atoms. The summed E-state index contributed by atoms with van der Waals surface area (Å²) in [6, 6.07) is 11.9. The smallest absolute Gasteiger partial charge is 0.328 e. The molecule has 0 spiro atoms. The van der Waals surface area contributed by atoms with Gasteiger partial charge >= 0.3 is 6.03 Å². The number of imide groups is 2. The molecule has 0 unspecified atom stereocenters. The third kappa shape index (κ3) is 5.65. The molecule has 0 saturated carbocycles. The molecule has 10 nitrogen and oxygen atoms in total. The zero-order valence-electron chi connectivity index (χ0n) is 18.5. The van der Waals surface area contributed by atoms with Crippen LogP contribution in [0.4, 0.5) is 4.79 Å². The first kappa shape index (κ1) is 24.6. The van der Waals surface area contributed by atoms with E-state index in [9.17, 15) is 24.0 Å². The molecule has 3 rings (SSSR count). The lowest BCUT2D eigenvalue weighted by molar-refractivity contribution is -0.135. The molecule has 0 atom stereocenters. The fraction of sp³-hybridized carbons (Fsp3) is 0.217. The van der Waals surface area contributed by atoms with Crippen molar-refractivity contribution in [2.45, 2.75) is 26.4 Å². The summed E-state index contributed by atoms with van der Waals surface area (Å²) in [7, 11) is 0. The molecular formula is C23H21ClN4O6. The first-order valence-electron chi connectivity index (χ1n) is 10.1. The van der Waals surface area contributed by atoms with E-state index in [1.807, 2.05) is 10.6 Å². The molecule has 0 bridgehead atoms. The number of barbiturate groups is 1. The van der Waals surface area contributed by atoms with Crippen LogP contribution in [0, 0.1) is 5.92 Å². The summed E-state index contributed by atoms with van der Waals surface area (Å²) in [4.78, 5) is 60.1. The predicted molar refractivity (Wildman–Crippen MR) is 122 cm³/mol. The Hall–Kier alpha value is -4.05. The quantitative estimate of drug-likeness (QED) is 0.238. The van der Waals surface area contributed by atoms with Crippen LogP contribution in [0.3, 0.4) is 0 Å². The van der Waals surface area contributed by atoms with Gasteiger partial charge in [0.25, 0.3) is 5.91 Å². The SMILES string of the molecule is C/C(=N\NC(=O)C(C)(C)Oc1ccc(C(=O)c2ccc(Cl)cc2)cc1)C1C(=O)NC(=O)NC1=O. The summed E-state index contributed by atoms with van der Waals surface area (Å²) >= 11 is 5.85. The Morgan fingerprint density at radius 3 is 1.97 bits per heavy atom. The number of urea groups is 1. The molecule has 2 aromatic rings. The number of hydrazone groups is 1. The van der Waals surface area contributed by atoms with Crippen molar-refractivity contribution in [3.63, 3.8) is 0 Å². The second-order valence-corrected chi connectivity index (χ2v) is 8.34. The first-order chi connectivity index (χ1) is 16.0. The fourth-order valence-electron chi connectivity index (χ4n) is 3.02. The van der Waals surface area contributed by atoms with E-state index >= 15 is 0 Å². The van der Waals surface area contributed by atoms with Crippen molar-refractivity contribution in [3.05, 3.63) is 64.7 Å². The van der Waals surface area contributed by atoms with Gasteiger partial charge in [0.2, 0.25) is 11.8 Å². The van der Waals surface area contributed by atoms with Gasteiger partial charge in [0.15, 0.2) is 17.3 Å². The minimum absolute atomic E-state index is 0.0169. The highest BCUT2D eigenvalue weighted by atomic mass is 35.5. The number of carbonyl (C=O) groups excluding carboxylic acids is 5. The number of ketones is 1. The number of nitrogens with one attached hydrogen (secondary N) is 3. The Labute approximate surface area is 199 Å². The molecule has 2 aromatic carbocycles. The van der Waals surface area contributed by atoms with Gasteiger partial charge in [0.05, 0.1) is 5.71 Å². The van der Waals surface area contributed by atoms with Crippen LogP contribution in [0.5, 0.6) is 5.75 Å². The Balaban J connectivity index is 1.64. The summed E-state index contributed by atoms with van der Waals surface area (Å²) in [5.41, 5.74) is 1.77. The van der Waals surface area contributed by atoms with Crippen molar-refractivity contribution >= 4 is 46.8 Å². The van der Waals surface area contributed by atoms with E-state index in [2.05, 4.69) is 10.5 Å². The van der Waals surface area contributed by atoms with Gasteiger partial charge in [-0.05, 0) is 69.3 Å². The molecule has 5 amide bonds. The van der Waals surface area contributed by atoms with Crippen molar-refractivity contribution in [2.24, 2.45) is 11.0 Å². The van der Waals surface area contributed by atoms with E-state index in [0.29, 0.717) is 21.9 Å². The third-order valence-corrected chi connectivity index (χ3v) is 5.14. The number of rotatable bonds is 7. The summed E-state index contributed by atoms with van der Waals surface area (Å²) in [6.45, 7) is 4.36. The van der Waals surface area contributed by atoms with Crippen LogP contribution in [0.25, 0.3) is 0 Å². The molecule has 1 heterocycles. The minimum atomic E-state index is -1.39. The van der Waals surface area contributed by atoms with Crippen molar-refractivity contribution < 1.29 is 28.7 Å². The van der Waals surface area contributed by atoms with Crippen LogP contribution in [-0.2, 0) is 14.4 Å². The molecule has 0 radical (unpaired) electrons. The molecule has 3 N–H and O–H groups in total. The van der Waals surface area contributed by atoms with Gasteiger partial charge in [-0.2, -0.15) is 5.10 Å².